The molecule has 140 valence electrons. The summed E-state index contributed by atoms with van der Waals surface area (Å²) in [5.74, 6) is 0.561. The maximum absolute atomic E-state index is 13.9. The average Bonchev–Trinajstić information content (AvgIpc) is 3.10. The lowest BCUT2D eigenvalue weighted by Crippen LogP contribution is -2.38. The van der Waals surface area contributed by atoms with Gasteiger partial charge in [0, 0.05) is 25.3 Å². The van der Waals surface area contributed by atoms with Crippen LogP contribution in [-0.4, -0.2) is 50.2 Å². The van der Waals surface area contributed by atoms with Gasteiger partial charge in [-0.25, -0.2) is 9.07 Å². The van der Waals surface area contributed by atoms with E-state index in [2.05, 4.69) is 10.00 Å². The second-order valence-corrected chi connectivity index (χ2v) is 7.93. The second-order valence-electron chi connectivity index (χ2n) is 7.93. The van der Waals surface area contributed by atoms with Gasteiger partial charge >= 0.3 is 0 Å². The highest BCUT2D eigenvalue weighted by atomic mass is 19.1. The second kappa shape index (κ2) is 6.76. The van der Waals surface area contributed by atoms with Crippen molar-refractivity contribution in [2.75, 3.05) is 13.1 Å². The van der Waals surface area contributed by atoms with Crippen molar-refractivity contribution in [2.45, 2.75) is 45.4 Å². The summed E-state index contributed by atoms with van der Waals surface area (Å²) in [6.45, 7) is 6.35. The molecule has 5 nitrogen and oxygen atoms in total. The van der Waals surface area contributed by atoms with Crippen LogP contribution in [0.25, 0.3) is 5.69 Å². The molecule has 2 aromatic rings. The Labute approximate surface area is 153 Å². The predicted octanol–water partition coefficient (Wildman–Crippen LogP) is 2.19. The number of aromatic nitrogens is 2. The highest BCUT2D eigenvalue weighted by Crippen LogP contribution is 2.37. The number of hydrogen-bond donors (Lipinski definition) is 2. The molecule has 0 bridgehead atoms. The largest absolute Gasteiger partial charge is 0.390 e. The number of benzene rings is 1. The van der Waals surface area contributed by atoms with Crippen LogP contribution < -0.4 is 0 Å². The lowest BCUT2D eigenvalue weighted by atomic mass is 9.79. The van der Waals surface area contributed by atoms with Crippen LogP contribution in [0.3, 0.4) is 0 Å². The molecule has 1 saturated heterocycles. The highest BCUT2D eigenvalue weighted by molar-refractivity contribution is 5.42. The fraction of sp³-hybridized carbons (Fsp3) is 0.550. The Bertz CT molecular complexity index is 788. The van der Waals surface area contributed by atoms with Crippen molar-refractivity contribution < 1.29 is 14.6 Å². The Morgan fingerprint density at radius 1 is 1.08 bits per heavy atom. The van der Waals surface area contributed by atoms with Crippen molar-refractivity contribution in [3.05, 3.63) is 47.0 Å². The number of rotatable bonds is 3. The third-order valence-corrected chi connectivity index (χ3v) is 5.86. The molecule has 0 amide bonds. The van der Waals surface area contributed by atoms with Gasteiger partial charge in [-0.05, 0) is 68.4 Å². The van der Waals surface area contributed by atoms with Crippen LogP contribution in [0.2, 0.25) is 0 Å². The third-order valence-electron chi connectivity index (χ3n) is 5.86. The van der Waals surface area contributed by atoms with E-state index in [9.17, 15) is 14.6 Å². The zero-order valence-electron chi connectivity index (χ0n) is 15.3. The zero-order valence-corrected chi connectivity index (χ0v) is 15.3. The first kappa shape index (κ1) is 17.6. The molecular weight excluding hydrogens is 333 g/mol. The van der Waals surface area contributed by atoms with Gasteiger partial charge in [-0.3, -0.25) is 4.90 Å². The fourth-order valence-electron chi connectivity index (χ4n) is 4.63. The summed E-state index contributed by atoms with van der Waals surface area (Å²) in [5, 5.41) is 24.4. The predicted molar refractivity (Wildman–Crippen MR) is 96.5 cm³/mol. The van der Waals surface area contributed by atoms with Crippen LogP contribution >= 0.6 is 0 Å². The van der Waals surface area contributed by atoms with Gasteiger partial charge in [0.1, 0.15) is 5.82 Å². The van der Waals surface area contributed by atoms with Gasteiger partial charge in [0.25, 0.3) is 0 Å². The van der Waals surface area contributed by atoms with E-state index in [-0.39, 0.29) is 5.82 Å². The van der Waals surface area contributed by atoms with Gasteiger partial charge in [-0.1, -0.05) is 0 Å². The summed E-state index contributed by atoms with van der Waals surface area (Å²) in [6.07, 6.45) is 0.0669. The molecule has 0 spiro atoms. The first-order valence-corrected chi connectivity index (χ1v) is 9.31. The molecule has 2 heterocycles. The van der Waals surface area contributed by atoms with E-state index in [0.29, 0.717) is 31.2 Å². The quantitative estimate of drug-likeness (QED) is 0.882. The van der Waals surface area contributed by atoms with E-state index >= 15 is 0 Å². The van der Waals surface area contributed by atoms with E-state index in [1.54, 1.807) is 12.1 Å². The summed E-state index contributed by atoms with van der Waals surface area (Å²) in [7, 11) is 0. The van der Waals surface area contributed by atoms with Crippen molar-refractivity contribution >= 4 is 0 Å². The molecule has 0 radical (unpaired) electrons. The van der Waals surface area contributed by atoms with Crippen molar-refractivity contribution in [3.63, 3.8) is 0 Å². The van der Waals surface area contributed by atoms with Crippen LogP contribution in [0, 0.1) is 31.5 Å². The fourth-order valence-corrected chi connectivity index (χ4v) is 4.63. The van der Waals surface area contributed by atoms with E-state index < -0.39 is 12.2 Å². The summed E-state index contributed by atoms with van der Waals surface area (Å²) in [5.41, 5.74) is 3.78. The minimum atomic E-state index is -0.615. The maximum Gasteiger partial charge on any atom is 0.123 e. The summed E-state index contributed by atoms with van der Waals surface area (Å²) < 4.78 is 15.8. The van der Waals surface area contributed by atoms with Gasteiger partial charge < -0.3 is 10.2 Å². The first-order chi connectivity index (χ1) is 12.4. The molecule has 6 heteroatoms. The maximum atomic E-state index is 13.9. The molecule has 4 atom stereocenters. The molecule has 1 aromatic heterocycles. The number of aryl methyl sites for hydroxylation is 2. The number of nitrogens with zero attached hydrogens (tertiary/aromatic N) is 3. The number of hydrogen-bond acceptors (Lipinski definition) is 4. The van der Waals surface area contributed by atoms with E-state index in [0.717, 1.165) is 35.7 Å². The van der Waals surface area contributed by atoms with Gasteiger partial charge in [0.05, 0.1) is 23.6 Å². The molecule has 26 heavy (non-hydrogen) atoms. The monoisotopic (exact) mass is 359 g/mol. The van der Waals surface area contributed by atoms with Gasteiger partial charge in [-0.2, -0.15) is 5.10 Å². The number of aliphatic hydroxyl groups is 2. The zero-order chi connectivity index (χ0) is 18.4. The number of aliphatic hydroxyl groups excluding tert-OH is 2. The van der Waals surface area contributed by atoms with E-state index in [1.807, 2.05) is 24.6 Å². The lowest BCUT2D eigenvalue weighted by molar-refractivity contribution is -0.0372. The Balaban J connectivity index is 1.57. The van der Waals surface area contributed by atoms with Crippen LogP contribution in [0.4, 0.5) is 4.39 Å². The number of halogens is 1. The molecule has 1 saturated carbocycles. The van der Waals surface area contributed by atoms with E-state index in [4.69, 9.17) is 0 Å². The van der Waals surface area contributed by atoms with Crippen LogP contribution in [-0.2, 0) is 6.54 Å². The third kappa shape index (κ3) is 3.29. The minimum Gasteiger partial charge on any atom is -0.390 e. The molecule has 2 fully saturated rings. The Hall–Kier alpha value is -1.76. The molecule has 2 N–H and O–H groups in total. The van der Waals surface area contributed by atoms with Crippen molar-refractivity contribution in [3.8, 4) is 5.69 Å². The molecule has 0 unspecified atom stereocenters. The molecule has 4 rings (SSSR count). The van der Waals surface area contributed by atoms with Gasteiger partial charge in [0.15, 0.2) is 0 Å². The van der Waals surface area contributed by atoms with E-state index in [1.165, 1.54) is 6.07 Å². The smallest absolute Gasteiger partial charge is 0.123 e. The van der Waals surface area contributed by atoms with Gasteiger partial charge in [-0.15, -0.1) is 0 Å². The summed E-state index contributed by atoms with van der Waals surface area (Å²) >= 11 is 0. The Morgan fingerprint density at radius 3 is 2.31 bits per heavy atom. The van der Waals surface area contributed by atoms with Crippen LogP contribution in [0.1, 0.15) is 29.8 Å². The molecule has 1 aliphatic heterocycles. The minimum absolute atomic E-state index is 0.243. The van der Waals surface area contributed by atoms with Crippen LogP contribution in [0.5, 0.6) is 0 Å². The highest BCUT2D eigenvalue weighted by Gasteiger charge is 2.41. The van der Waals surface area contributed by atoms with Crippen molar-refractivity contribution in [1.29, 1.82) is 0 Å². The Morgan fingerprint density at radius 2 is 1.73 bits per heavy atom. The molecule has 1 aromatic carbocycles. The number of fused-ring (bicyclic) bond motifs is 1. The van der Waals surface area contributed by atoms with Crippen LogP contribution in [0.15, 0.2) is 24.3 Å². The SMILES string of the molecule is Cc1cc(C)n(-c2ccc(F)cc2CN2C[C@H]3C[C@H](O)[C@H](O)C[C@H]3C2)n1. The number of likely N-dealkylation sites (tertiary alicyclic amines) is 1. The topological polar surface area (TPSA) is 61.5 Å². The average molecular weight is 359 g/mol. The summed E-state index contributed by atoms with van der Waals surface area (Å²) in [4.78, 5) is 2.31. The normalized spacial score (nSPS) is 29.1. The van der Waals surface area contributed by atoms with Crippen molar-refractivity contribution in [2.24, 2.45) is 11.8 Å². The molecule has 2 aliphatic rings. The lowest BCUT2D eigenvalue weighted by Gasteiger charge is -2.32. The Kier molecular flexibility index (Phi) is 4.59. The molecule has 1 aliphatic carbocycles. The van der Waals surface area contributed by atoms with Gasteiger partial charge in [0.2, 0.25) is 0 Å². The standard InChI is InChI=1S/C20H26FN3O2/c1-12-5-13(2)24(22-12)18-4-3-17(21)6-16(18)11-23-9-14-7-19(25)20(26)8-15(14)10-23/h3-6,14-15,19-20,25-26H,7-11H2,1-2H3/t14-,15+,19+,20-. The summed E-state index contributed by atoms with van der Waals surface area (Å²) in [6, 6.07) is 6.88. The van der Waals surface area contributed by atoms with Crippen molar-refractivity contribution in [1.82, 2.24) is 14.7 Å². The first-order valence-electron chi connectivity index (χ1n) is 9.31. The molecular formula is C20H26FN3O2.